The van der Waals surface area contributed by atoms with Gasteiger partial charge in [0.25, 0.3) is 5.91 Å². The Morgan fingerprint density at radius 2 is 2.03 bits per heavy atom. The van der Waals surface area contributed by atoms with Crippen molar-refractivity contribution in [2.45, 2.75) is 6.61 Å². The van der Waals surface area contributed by atoms with Crippen molar-refractivity contribution in [3.63, 3.8) is 0 Å². The average molecular weight is 455 g/mol. The Morgan fingerprint density at radius 3 is 2.71 bits per heavy atom. The Labute approximate surface area is 188 Å². The van der Waals surface area contributed by atoms with Crippen LogP contribution in [0.5, 0.6) is 11.5 Å². The molecule has 4 rings (SSSR count). The molecule has 0 bridgehead atoms. The Hall–Kier alpha value is -3.36. The Balaban J connectivity index is 1.38. The number of benzene rings is 2. The van der Waals surface area contributed by atoms with Gasteiger partial charge in [-0.1, -0.05) is 11.6 Å². The van der Waals surface area contributed by atoms with Crippen LogP contribution in [0.2, 0.25) is 5.02 Å². The van der Waals surface area contributed by atoms with E-state index >= 15 is 0 Å². The third kappa shape index (κ3) is 4.87. The monoisotopic (exact) mass is 454 g/mol. The van der Waals surface area contributed by atoms with Crippen LogP contribution in [0.1, 0.15) is 16.2 Å². The molecule has 0 atom stereocenters. The van der Waals surface area contributed by atoms with Gasteiger partial charge in [0, 0.05) is 35.9 Å². The molecule has 0 aliphatic heterocycles. The number of nitrogens with one attached hydrogen (secondary N) is 1. The van der Waals surface area contributed by atoms with Gasteiger partial charge in [-0.15, -0.1) is 11.3 Å². The highest BCUT2D eigenvalue weighted by Crippen LogP contribution is 2.31. The van der Waals surface area contributed by atoms with Gasteiger partial charge in [-0.05, 0) is 42.5 Å². The molecule has 0 saturated carbocycles. The molecule has 0 unspecified atom stereocenters. The van der Waals surface area contributed by atoms with Crippen LogP contribution < -0.4 is 14.8 Å². The van der Waals surface area contributed by atoms with Crippen LogP contribution in [0.15, 0.2) is 60.2 Å². The fourth-order valence-corrected chi connectivity index (χ4v) is 3.82. The maximum atomic E-state index is 12.6. The number of halogens is 1. The summed E-state index contributed by atoms with van der Waals surface area (Å²) >= 11 is 7.53. The SMILES string of the molecule is COc1ccc(-c2csc(NC(=O)c3ccc(OCc4nccn4C)cc3)n2)cc1Cl. The van der Waals surface area contributed by atoms with Crippen LogP contribution >= 0.6 is 22.9 Å². The summed E-state index contributed by atoms with van der Waals surface area (Å²) in [6.07, 6.45) is 3.58. The molecular weight excluding hydrogens is 436 g/mol. The minimum absolute atomic E-state index is 0.246. The zero-order valence-corrected chi connectivity index (χ0v) is 18.4. The van der Waals surface area contributed by atoms with Gasteiger partial charge in [-0.2, -0.15) is 0 Å². The highest BCUT2D eigenvalue weighted by atomic mass is 35.5. The third-order valence-electron chi connectivity index (χ3n) is 4.58. The van der Waals surface area contributed by atoms with E-state index in [1.807, 2.05) is 29.3 Å². The van der Waals surface area contributed by atoms with Crippen LogP contribution in [-0.4, -0.2) is 27.6 Å². The van der Waals surface area contributed by atoms with Crippen molar-refractivity contribution in [1.82, 2.24) is 14.5 Å². The molecule has 2 heterocycles. The molecule has 0 aliphatic rings. The number of imidazole rings is 1. The van der Waals surface area contributed by atoms with E-state index in [2.05, 4.69) is 15.3 Å². The largest absolute Gasteiger partial charge is 0.495 e. The van der Waals surface area contributed by atoms with Crippen molar-refractivity contribution >= 4 is 34.0 Å². The van der Waals surface area contributed by atoms with Crippen molar-refractivity contribution in [3.05, 3.63) is 76.6 Å². The Morgan fingerprint density at radius 1 is 1.23 bits per heavy atom. The summed E-state index contributed by atoms with van der Waals surface area (Å²) in [6.45, 7) is 0.353. The quantitative estimate of drug-likeness (QED) is 0.423. The number of amides is 1. The first-order valence-electron chi connectivity index (χ1n) is 9.33. The van der Waals surface area contributed by atoms with Crippen molar-refractivity contribution in [3.8, 4) is 22.8 Å². The molecule has 2 aromatic heterocycles. The maximum absolute atomic E-state index is 12.6. The lowest BCUT2D eigenvalue weighted by molar-refractivity contribution is 0.102. The summed E-state index contributed by atoms with van der Waals surface area (Å²) in [4.78, 5) is 21.3. The van der Waals surface area contributed by atoms with Gasteiger partial charge < -0.3 is 14.0 Å². The van der Waals surface area contributed by atoms with Gasteiger partial charge in [0.05, 0.1) is 17.8 Å². The molecule has 9 heteroatoms. The standard InChI is InChI=1S/C22H19ClN4O3S/c1-27-10-9-24-20(27)12-30-16-6-3-14(4-7-16)21(28)26-22-25-18(13-31-22)15-5-8-19(29-2)17(23)11-15/h3-11,13H,12H2,1-2H3,(H,25,26,28). The highest BCUT2D eigenvalue weighted by molar-refractivity contribution is 7.14. The van der Waals surface area contributed by atoms with Gasteiger partial charge >= 0.3 is 0 Å². The first-order valence-corrected chi connectivity index (χ1v) is 10.6. The third-order valence-corrected chi connectivity index (χ3v) is 5.63. The molecule has 158 valence electrons. The number of thiazole rings is 1. The molecular formula is C22H19ClN4O3S. The highest BCUT2D eigenvalue weighted by Gasteiger charge is 2.12. The second-order valence-electron chi connectivity index (χ2n) is 6.61. The number of methoxy groups -OCH3 is 1. The number of hydrogen-bond acceptors (Lipinski definition) is 6. The van der Waals surface area contributed by atoms with Gasteiger partial charge in [0.1, 0.15) is 23.9 Å². The average Bonchev–Trinajstić information content (AvgIpc) is 3.41. The Kier molecular flexibility index (Phi) is 6.20. The van der Waals surface area contributed by atoms with Crippen molar-refractivity contribution < 1.29 is 14.3 Å². The number of aryl methyl sites for hydroxylation is 1. The maximum Gasteiger partial charge on any atom is 0.257 e. The molecule has 0 saturated heterocycles. The molecule has 1 amide bonds. The molecule has 0 spiro atoms. The van der Waals surface area contributed by atoms with E-state index in [-0.39, 0.29) is 5.91 Å². The molecule has 7 nitrogen and oxygen atoms in total. The lowest BCUT2D eigenvalue weighted by Gasteiger charge is -2.07. The summed E-state index contributed by atoms with van der Waals surface area (Å²) in [5.41, 5.74) is 2.08. The summed E-state index contributed by atoms with van der Waals surface area (Å²) in [5.74, 6) is 1.83. The minimum Gasteiger partial charge on any atom is -0.495 e. The predicted molar refractivity (Wildman–Crippen MR) is 121 cm³/mol. The van der Waals surface area contributed by atoms with Gasteiger partial charge in [0.2, 0.25) is 0 Å². The molecule has 0 radical (unpaired) electrons. The normalized spacial score (nSPS) is 10.7. The molecule has 31 heavy (non-hydrogen) atoms. The van der Waals surface area contributed by atoms with Gasteiger partial charge in [-0.25, -0.2) is 9.97 Å². The second-order valence-corrected chi connectivity index (χ2v) is 7.87. The van der Waals surface area contributed by atoms with E-state index in [9.17, 15) is 4.79 Å². The summed E-state index contributed by atoms with van der Waals surface area (Å²) in [5, 5.41) is 5.69. The minimum atomic E-state index is -0.246. The summed E-state index contributed by atoms with van der Waals surface area (Å²) < 4.78 is 12.8. The zero-order valence-electron chi connectivity index (χ0n) is 16.8. The zero-order chi connectivity index (χ0) is 21.8. The number of hydrogen-bond donors (Lipinski definition) is 1. The number of aromatic nitrogens is 3. The van der Waals surface area contributed by atoms with E-state index in [0.29, 0.717) is 33.8 Å². The predicted octanol–water partition coefficient (Wildman–Crippen LogP) is 5.04. The lowest BCUT2D eigenvalue weighted by Crippen LogP contribution is -2.11. The van der Waals surface area contributed by atoms with Gasteiger partial charge in [-0.3, -0.25) is 10.1 Å². The molecule has 2 aromatic carbocycles. The number of rotatable bonds is 7. The van der Waals surface area contributed by atoms with E-state index in [0.717, 1.165) is 17.1 Å². The van der Waals surface area contributed by atoms with E-state index in [1.165, 1.54) is 11.3 Å². The number of carbonyl (C=O) groups is 1. The van der Waals surface area contributed by atoms with Crippen LogP contribution in [0.25, 0.3) is 11.3 Å². The number of ether oxygens (including phenoxy) is 2. The van der Waals surface area contributed by atoms with Crippen molar-refractivity contribution in [1.29, 1.82) is 0 Å². The number of carbonyl (C=O) groups excluding carboxylic acids is 1. The topological polar surface area (TPSA) is 78.3 Å². The molecule has 4 aromatic rings. The molecule has 1 N–H and O–H groups in total. The van der Waals surface area contributed by atoms with Crippen LogP contribution in [0, 0.1) is 0 Å². The van der Waals surface area contributed by atoms with Crippen LogP contribution in [-0.2, 0) is 13.7 Å². The number of nitrogens with zero attached hydrogens (tertiary/aromatic N) is 3. The van der Waals surface area contributed by atoms with Crippen molar-refractivity contribution in [2.75, 3.05) is 12.4 Å². The van der Waals surface area contributed by atoms with E-state index in [4.69, 9.17) is 21.1 Å². The first-order chi connectivity index (χ1) is 15.0. The van der Waals surface area contributed by atoms with Crippen LogP contribution in [0.4, 0.5) is 5.13 Å². The fourth-order valence-electron chi connectivity index (χ4n) is 2.84. The van der Waals surface area contributed by atoms with Gasteiger partial charge in [0.15, 0.2) is 5.13 Å². The van der Waals surface area contributed by atoms with Crippen LogP contribution in [0.3, 0.4) is 0 Å². The summed E-state index contributed by atoms with van der Waals surface area (Å²) in [7, 11) is 3.48. The first kappa shape index (κ1) is 20.9. The number of anilines is 1. The molecule has 0 aliphatic carbocycles. The Bertz CT molecular complexity index is 1200. The lowest BCUT2D eigenvalue weighted by atomic mass is 10.2. The van der Waals surface area contributed by atoms with E-state index in [1.54, 1.807) is 49.7 Å². The summed E-state index contributed by atoms with van der Waals surface area (Å²) in [6, 6.07) is 12.4. The second kappa shape index (κ2) is 9.20. The fraction of sp³-hybridized carbons (Fsp3) is 0.136. The smallest absolute Gasteiger partial charge is 0.257 e. The van der Waals surface area contributed by atoms with E-state index < -0.39 is 0 Å². The molecule has 0 fully saturated rings. The van der Waals surface area contributed by atoms with Crippen molar-refractivity contribution in [2.24, 2.45) is 7.05 Å².